The van der Waals surface area contributed by atoms with Gasteiger partial charge in [-0.2, -0.15) is 0 Å². The Bertz CT molecular complexity index is 236. The van der Waals surface area contributed by atoms with Crippen LogP contribution in [0.3, 0.4) is 0 Å². The van der Waals surface area contributed by atoms with Gasteiger partial charge in [0.25, 0.3) is 0 Å². The van der Waals surface area contributed by atoms with Crippen molar-refractivity contribution in [1.82, 2.24) is 5.01 Å². The molecule has 1 aromatic carbocycles. The lowest BCUT2D eigenvalue weighted by atomic mass is 10.0. The van der Waals surface area contributed by atoms with E-state index in [1.165, 1.54) is 0 Å². The van der Waals surface area contributed by atoms with Gasteiger partial charge in [0.2, 0.25) is 0 Å². The van der Waals surface area contributed by atoms with Gasteiger partial charge in [-0.1, -0.05) is 30.3 Å². The topological polar surface area (TPSA) is 49.5 Å². The molecule has 72 valence electrons. The van der Waals surface area contributed by atoms with Crippen molar-refractivity contribution in [3.63, 3.8) is 0 Å². The second-order valence-corrected chi connectivity index (χ2v) is 3.23. The molecule has 3 heteroatoms. The van der Waals surface area contributed by atoms with Gasteiger partial charge in [0, 0.05) is 19.5 Å². The molecule has 1 atom stereocenters. The number of nitrogens with zero attached hydrogens (tertiary/aromatic N) is 1. The van der Waals surface area contributed by atoms with Gasteiger partial charge in [-0.3, -0.25) is 5.84 Å². The highest BCUT2D eigenvalue weighted by Crippen LogP contribution is 2.14. The number of hydrogen-bond acceptors (Lipinski definition) is 3. The third-order valence-electron chi connectivity index (χ3n) is 2.00. The smallest absolute Gasteiger partial charge is 0.0512 e. The zero-order chi connectivity index (χ0) is 9.68. The Morgan fingerprint density at radius 3 is 2.46 bits per heavy atom. The van der Waals surface area contributed by atoms with Gasteiger partial charge < -0.3 is 5.11 Å². The normalized spacial score (nSPS) is 13.2. The fraction of sp³-hybridized carbons (Fsp3) is 0.400. The summed E-state index contributed by atoms with van der Waals surface area (Å²) in [5.74, 6) is 5.64. The Morgan fingerprint density at radius 2 is 2.00 bits per heavy atom. The van der Waals surface area contributed by atoms with Gasteiger partial charge in [-0.25, -0.2) is 5.01 Å². The lowest BCUT2D eigenvalue weighted by Crippen LogP contribution is -2.32. The molecule has 0 radical (unpaired) electrons. The Hall–Kier alpha value is -0.900. The van der Waals surface area contributed by atoms with Crippen LogP contribution in [0.2, 0.25) is 0 Å². The number of hydrogen-bond donors (Lipinski definition) is 2. The standard InChI is InChI=1S/C10H16N2O/c1-12(11)7-10(8-13)9-5-3-2-4-6-9/h2-6,10,13H,7-8,11H2,1H3. The van der Waals surface area contributed by atoms with Crippen LogP contribution in [0.15, 0.2) is 30.3 Å². The van der Waals surface area contributed by atoms with Gasteiger partial charge in [0.15, 0.2) is 0 Å². The summed E-state index contributed by atoms with van der Waals surface area (Å²) in [7, 11) is 1.80. The zero-order valence-corrected chi connectivity index (χ0v) is 7.85. The molecule has 3 nitrogen and oxygen atoms in total. The Balaban J connectivity index is 2.67. The molecule has 1 unspecified atom stereocenters. The lowest BCUT2D eigenvalue weighted by Gasteiger charge is -2.18. The van der Waals surface area contributed by atoms with Crippen LogP contribution in [0.5, 0.6) is 0 Å². The van der Waals surface area contributed by atoms with Crippen molar-refractivity contribution in [3.05, 3.63) is 35.9 Å². The molecule has 1 aromatic rings. The largest absolute Gasteiger partial charge is 0.396 e. The van der Waals surface area contributed by atoms with Gasteiger partial charge in [-0.15, -0.1) is 0 Å². The fourth-order valence-corrected chi connectivity index (χ4v) is 1.34. The van der Waals surface area contributed by atoms with Gasteiger partial charge in [0.1, 0.15) is 0 Å². The number of hydrazine groups is 1. The number of aliphatic hydroxyl groups is 1. The molecule has 0 saturated carbocycles. The van der Waals surface area contributed by atoms with Crippen LogP contribution in [-0.2, 0) is 0 Å². The van der Waals surface area contributed by atoms with E-state index >= 15 is 0 Å². The van der Waals surface area contributed by atoms with Crippen LogP contribution >= 0.6 is 0 Å². The molecular formula is C10H16N2O. The van der Waals surface area contributed by atoms with Gasteiger partial charge >= 0.3 is 0 Å². The minimum absolute atomic E-state index is 0.108. The number of nitrogens with two attached hydrogens (primary N) is 1. The third-order valence-corrected chi connectivity index (χ3v) is 2.00. The third kappa shape index (κ3) is 3.14. The predicted octanol–water partition coefficient (Wildman–Crippen LogP) is 0.568. The molecular weight excluding hydrogens is 164 g/mol. The number of aliphatic hydroxyl groups excluding tert-OH is 1. The first-order valence-corrected chi connectivity index (χ1v) is 4.35. The molecule has 3 N–H and O–H groups in total. The van der Waals surface area contributed by atoms with Crippen LogP contribution in [0, 0.1) is 0 Å². The van der Waals surface area contributed by atoms with Gasteiger partial charge in [0.05, 0.1) is 6.61 Å². The monoisotopic (exact) mass is 180 g/mol. The van der Waals surface area contributed by atoms with E-state index in [2.05, 4.69) is 0 Å². The molecule has 0 aliphatic rings. The summed E-state index contributed by atoms with van der Waals surface area (Å²) in [6.45, 7) is 0.798. The number of benzene rings is 1. The fourth-order valence-electron chi connectivity index (χ4n) is 1.34. The van der Waals surface area contributed by atoms with E-state index in [0.717, 1.165) is 5.56 Å². The Labute approximate surface area is 78.8 Å². The van der Waals surface area contributed by atoms with Gasteiger partial charge in [-0.05, 0) is 5.56 Å². The van der Waals surface area contributed by atoms with Crippen molar-refractivity contribution in [1.29, 1.82) is 0 Å². The van der Waals surface area contributed by atoms with Crippen molar-refractivity contribution in [2.45, 2.75) is 5.92 Å². The minimum atomic E-state index is 0.108. The number of likely N-dealkylation sites (N-methyl/N-ethyl adjacent to an activating group) is 1. The van der Waals surface area contributed by atoms with E-state index in [1.54, 1.807) is 12.1 Å². The molecule has 13 heavy (non-hydrogen) atoms. The molecule has 0 bridgehead atoms. The second-order valence-electron chi connectivity index (χ2n) is 3.23. The lowest BCUT2D eigenvalue weighted by molar-refractivity contribution is 0.222. The van der Waals surface area contributed by atoms with Crippen molar-refractivity contribution in [3.8, 4) is 0 Å². The van der Waals surface area contributed by atoms with E-state index in [9.17, 15) is 0 Å². The molecule has 0 fully saturated rings. The first-order valence-electron chi connectivity index (χ1n) is 4.35. The van der Waals surface area contributed by atoms with Crippen LogP contribution in [0.25, 0.3) is 0 Å². The molecule has 0 aliphatic heterocycles. The molecule has 0 saturated heterocycles. The molecule has 0 aromatic heterocycles. The van der Waals surface area contributed by atoms with E-state index in [0.29, 0.717) is 6.54 Å². The summed E-state index contributed by atoms with van der Waals surface area (Å²) >= 11 is 0. The maximum atomic E-state index is 9.15. The Kier molecular flexibility index (Phi) is 3.89. The average Bonchev–Trinajstić information content (AvgIpc) is 2.15. The predicted molar refractivity (Wildman–Crippen MR) is 53.1 cm³/mol. The van der Waals surface area contributed by atoms with Crippen molar-refractivity contribution < 1.29 is 5.11 Å². The molecule has 0 spiro atoms. The van der Waals surface area contributed by atoms with E-state index < -0.39 is 0 Å². The first kappa shape index (κ1) is 10.2. The molecule has 0 heterocycles. The van der Waals surface area contributed by atoms with Crippen molar-refractivity contribution in [2.75, 3.05) is 20.2 Å². The quantitative estimate of drug-likeness (QED) is 0.526. The highest BCUT2D eigenvalue weighted by atomic mass is 16.3. The van der Waals surface area contributed by atoms with E-state index in [1.807, 2.05) is 30.3 Å². The summed E-state index contributed by atoms with van der Waals surface area (Å²) in [5.41, 5.74) is 1.13. The van der Waals surface area contributed by atoms with Crippen molar-refractivity contribution >= 4 is 0 Å². The highest BCUT2D eigenvalue weighted by molar-refractivity contribution is 5.19. The van der Waals surface area contributed by atoms with Crippen molar-refractivity contribution in [2.24, 2.45) is 5.84 Å². The average molecular weight is 180 g/mol. The first-order chi connectivity index (χ1) is 6.24. The van der Waals surface area contributed by atoms with Crippen LogP contribution in [-0.4, -0.2) is 30.3 Å². The minimum Gasteiger partial charge on any atom is -0.396 e. The number of rotatable bonds is 4. The van der Waals surface area contributed by atoms with E-state index in [-0.39, 0.29) is 12.5 Å². The SMILES string of the molecule is CN(N)CC(CO)c1ccccc1. The van der Waals surface area contributed by atoms with Crippen LogP contribution in [0.4, 0.5) is 0 Å². The summed E-state index contributed by atoms with van der Waals surface area (Å²) in [6, 6.07) is 9.90. The Morgan fingerprint density at radius 1 is 1.38 bits per heavy atom. The highest BCUT2D eigenvalue weighted by Gasteiger charge is 2.10. The van der Waals surface area contributed by atoms with Crippen LogP contribution in [0.1, 0.15) is 11.5 Å². The maximum absolute atomic E-state index is 9.15. The summed E-state index contributed by atoms with van der Waals surface area (Å²) in [6.07, 6.45) is 0. The maximum Gasteiger partial charge on any atom is 0.0512 e. The van der Waals surface area contributed by atoms with Crippen LogP contribution < -0.4 is 5.84 Å². The molecule has 0 amide bonds. The summed E-state index contributed by atoms with van der Waals surface area (Å²) in [5, 5.41) is 10.7. The second kappa shape index (κ2) is 4.97. The molecule has 0 aliphatic carbocycles. The molecule has 1 rings (SSSR count). The summed E-state index contributed by atoms with van der Waals surface area (Å²) in [4.78, 5) is 0. The zero-order valence-electron chi connectivity index (χ0n) is 7.85. The van der Waals surface area contributed by atoms with E-state index in [4.69, 9.17) is 10.9 Å². The summed E-state index contributed by atoms with van der Waals surface area (Å²) < 4.78 is 0.